The zero-order valence-electron chi connectivity index (χ0n) is 10.7. The lowest BCUT2D eigenvalue weighted by molar-refractivity contribution is -0.0501. The molecule has 18 heavy (non-hydrogen) atoms. The zero-order chi connectivity index (χ0) is 13.3. The molecule has 1 aliphatic rings. The average Bonchev–Trinajstić information content (AvgIpc) is 2.25. The van der Waals surface area contributed by atoms with E-state index < -0.39 is 6.61 Å². The van der Waals surface area contributed by atoms with Gasteiger partial charge in [-0.2, -0.15) is 8.78 Å². The van der Waals surface area contributed by atoms with Crippen molar-refractivity contribution in [2.24, 2.45) is 0 Å². The van der Waals surface area contributed by atoms with Gasteiger partial charge in [-0.1, -0.05) is 6.07 Å². The van der Waals surface area contributed by atoms with Gasteiger partial charge in [0, 0.05) is 24.1 Å². The van der Waals surface area contributed by atoms with Crippen LogP contribution in [0.5, 0.6) is 11.5 Å². The van der Waals surface area contributed by atoms with Crippen LogP contribution in [0.15, 0.2) is 18.2 Å². The van der Waals surface area contributed by atoms with Crippen molar-refractivity contribution in [2.45, 2.75) is 38.5 Å². The van der Waals surface area contributed by atoms with Crippen LogP contribution in [0, 0.1) is 0 Å². The molecule has 0 saturated heterocycles. The fraction of sp³-hybridized carbons (Fsp3) is 0.538. The number of hydrogen-bond donors (Lipinski definition) is 1. The van der Waals surface area contributed by atoms with Crippen molar-refractivity contribution in [1.29, 1.82) is 0 Å². The summed E-state index contributed by atoms with van der Waals surface area (Å²) in [6.07, 6.45) is 0.825. The molecule has 3 nitrogen and oxygen atoms in total. The summed E-state index contributed by atoms with van der Waals surface area (Å²) in [6, 6.07) is 4.98. The molecule has 1 heterocycles. The Labute approximate surface area is 105 Å². The largest absolute Gasteiger partial charge is 0.487 e. The summed E-state index contributed by atoms with van der Waals surface area (Å²) in [4.78, 5) is 0. The third-order valence-electron chi connectivity index (χ3n) is 3.02. The molecule has 1 unspecified atom stereocenters. The van der Waals surface area contributed by atoms with E-state index in [-0.39, 0.29) is 17.4 Å². The summed E-state index contributed by atoms with van der Waals surface area (Å²) < 4.78 is 34.5. The van der Waals surface area contributed by atoms with Crippen LogP contribution in [0.4, 0.5) is 8.78 Å². The van der Waals surface area contributed by atoms with Gasteiger partial charge in [0.2, 0.25) is 0 Å². The highest BCUT2D eigenvalue weighted by Crippen LogP contribution is 2.41. The Bertz CT molecular complexity index is 435. The first kappa shape index (κ1) is 13.1. The summed E-state index contributed by atoms with van der Waals surface area (Å²) in [7, 11) is 1.87. The van der Waals surface area contributed by atoms with E-state index in [9.17, 15) is 8.78 Å². The first-order chi connectivity index (χ1) is 8.41. The molecule has 0 amide bonds. The molecule has 1 N–H and O–H groups in total. The first-order valence-electron chi connectivity index (χ1n) is 5.86. The van der Waals surface area contributed by atoms with Crippen LogP contribution in [-0.4, -0.2) is 19.3 Å². The van der Waals surface area contributed by atoms with E-state index in [4.69, 9.17) is 4.74 Å². The third-order valence-corrected chi connectivity index (χ3v) is 3.02. The van der Waals surface area contributed by atoms with Crippen LogP contribution in [0.1, 0.15) is 31.9 Å². The fourth-order valence-corrected chi connectivity index (χ4v) is 2.27. The molecule has 100 valence electrons. The van der Waals surface area contributed by atoms with Gasteiger partial charge < -0.3 is 14.8 Å². The molecule has 0 aromatic heterocycles. The minimum absolute atomic E-state index is 0.122. The van der Waals surface area contributed by atoms with Crippen molar-refractivity contribution < 1.29 is 18.3 Å². The Morgan fingerprint density at radius 2 is 2.17 bits per heavy atom. The standard InChI is InChI=1S/C13H17F2NO2/c1-13(2)7-10(16-3)9-5-4-8(17-12(14)15)6-11(9)18-13/h4-6,10,12,16H,7H2,1-3H3. The molecule has 0 radical (unpaired) electrons. The predicted molar refractivity (Wildman–Crippen MR) is 64.2 cm³/mol. The molecule has 0 bridgehead atoms. The maximum atomic E-state index is 12.2. The highest BCUT2D eigenvalue weighted by atomic mass is 19.3. The number of hydrogen-bond acceptors (Lipinski definition) is 3. The van der Waals surface area contributed by atoms with Crippen molar-refractivity contribution in [3.63, 3.8) is 0 Å². The van der Waals surface area contributed by atoms with E-state index >= 15 is 0 Å². The minimum atomic E-state index is -2.82. The average molecular weight is 257 g/mol. The Morgan fingerprint density at radius 3 is 2.78 bits per heavy atom. The summed E-state index contributed by atoms with van der Waals surface area (Å²) in [5.41, 5.74) is 0.642. The fourth-order valence-electron chi connectivity index (χ4n) is 2.27. The molecule has 1 aliphatic heterocycles. The molecule has 1 atom stereocenters. The predicted octanol–water partition coefficient (Wildman–Crippen LogP) is 3.11. The number of nitrogens with one attached hydrogen (secondary N) is 1. The summed E-state index contributed by atoms with van der Waals surface area (Å²) in [6.45, 7) is 1.13. The lowest BCUT2D eigenvalue weighted by Crippen LogP contribution is -2.38. The lowest BCUT2D eigenvalue weighted by atomic mass is 9.90. The van der Waals surface area contributed by atoms with Gasteiger partial charge >= 0.3 is 6.61 Å². The smallest absolute Gasteiger partial charge is 0.387 e. The summed E-state index contributed by atoms with van der Waals surface area (Å²) in [5, 5.41) is 3.21. The second-order valence-corrected chi connectivity index (χ2v) is 4.99. The Hall–Kier alpha value is -1.36. The van der Waals surface area contributed by atoms with E-state index in [1.807, 2.05) is 20.9 Å². The maximum absolute atomic E-state index is 12.2. The summed E-state index contributed by atoms with van der Waals surface area (Å²) in [5.74, 6) is 0.722. The topological polar surface area (TPSA) is 30.5 Å². The second-order valence-electron chi connectivity index (χ2n) is 4.99. The zero-order valence-corrected chi connectivity index (χ0v) is 10.7. The molecule has 0 aliphatic carbocycles. The molecule has 2 rings (SSSR count). The number of ether oxygens (including phenoxy) is 2. The van der Waals surface area contributed by atoms with E-state index in [1.165, 1.54) is 12.1 Å². The minimum Gasteiger partial charge on any atom is -0.487 e. The molecule has 5 heteroatoms. The van der Waals surface area contributed by atoms with Crippen LogP contribution in [0.2, 0.25) is 0 Å². The molecule has 0 saturated carbocycles. The van der Waals surface area contributed by atoms with Crippen LogP contribution < -0.4 is 14.8 Å². The maximum Gasteiger partial charge on any atom is 0.387 e. The first-order valence-corrected chi connectivity index (χ1v) is 5.86. The van der Waals surface area contributed by atoms with Crippen molar-refractivity contribution in [1.82, 2.24) is 5.32 Å². The molecule has 0 spiro atoms. The van der Waals surface area contributed by atoms with Gasteiger partial charge in [-0.05, 0) is 27.0 Å². The van der Waals surface area contributed by atoms with E-state index in [1.54, 1.807) is 6.07 Å². The van der Waals surface area contributed by atoms with Gasteiger partial charge in [-0.3, -0.25) is 0 Å². The van der Waals surface area contributed by atoms with Gasteiger partial charge in [-0.25, -0.2) is 0 Å². The normalized spacial score (nSPS) is 21.3. The van der Waals surface area contributed by atoms with Crippen LogP contribution >= 0.6 is 0 Å². The van der Waals surface area contributed by atoms with Gasteiger partial charge in [-0.15, -0.1) is 0 Å². The number of halogens is 2. The number of fused-ring (bicyclic) bond motifs is 1. The van der Waals surface area contributed by atoms with Crippen LogP contribution in [0.3, 0.4) is 0 Å². The summed E-state index contributed by atoms with van der Waals surface area (Å²) >= 11 is 0. The molecule has 1 aromatic rings. The number of rotatable bonds is 3. The van der Waals surface area contributed by atoms with E-state index in [2.05, 4.69) is 10.1 Å². The van der Waals surface area contributed by atoms with Crippen molar-refractivity contribution >= 4 is 0 Å². The highest BCUT2D eigenvalue weighted by molar-refractivity contribution is 5.44. The Balaban J connectivity index is 2.33. The molecular weight excluding hydrogens is 240 g/mol. The van der Waals surface area contributed by atoms with Crippen molar-refractivity contribution in [3.8, 4) is 11.5 Å². The quantitative estimate of drug-likeness (QED) is 0.902. The van der Waals surface area contributed by atoms with Crippen molar-refractivity contribution in [3.05, 3.63) is 23.8 Å². The Morgan fingerprint density at radius 1 is 1.44 bits per heavy atom. The second kappa shape index (κ2) is 4.72. The van der Waals surface area contributed by atoms with Gasteiger partial charge in [0.05, 0.1) is 0 Å². The highest BCUT2D eigenvalue weighted by Gasteiger charge is 2.33. The number of alkyl halides is 2. The Kier molecular flexibility index (Phi) is 3.43. The lowest BCUT2D eigenvalue weighted by Gasteiger charge is -2.37. The monoisotopic (exact) mass is 257 g/mol. The van der Waals surface area contributed by atoms with Crippen LogP contribution in [0.25, 0.3) is 0 Å². The van der Waals surface area contributed by atoms with Crippen LogP contribution in [-0.2, 0) is 0 Å². The number of benzene rings is 1. The van der Waals surface area contributed by atoms with Gasteiger partial charge in [0.15, 0.2) is 0 Å². The van der Waals surface area contributed by atoms with Gasteiger partial charge in [0.1, 0.15) is 17.1 Å². The van der Waals surface area contributed by atoms with Crippen molar-refractivity contribution in [2.75, 3.05) is 7.05 Å². The van der Waals surface area contributed by atoms with Gasteiger partial charge in [0.25, 0.3) is 0 Å². The molecular formula is C13H17F2NO2. The molecule has 0 fully saturated rings. The van der Waals surface area contributed by atoms with E-state index in [0.717, 1.165) is 12.0 Å². The molecule has 1 aromatic carbocycles. The SMILES string of the molecule is CNC1CC(C)(C)Oc2cc(OC(F)F)ccc21. The third kappa shape index (κ3) is 2.72. The van der Waals surface area contributed by atoms with E-state index in [0.29, 0.717) is 5.75 Å².